The van der Waals surface area contributed by atoms with E-state index in [-0.39, 0.29) is 25.4 Å². The van der Waals surface area contributed by atoms with E-state index in [0.717, 1.165) is 29.0 Å². The fourth-order valence-corrected chi connectivity index (χ4v) is 2.56. The van der Waals surface area contributed by atoms with E-state index < -0.39 is 29.7 Å². The molecule has 1 unspecified atom stereocenters. The summed E-state index contributed by atoms with van der Waals surface area (Å²) in [5.74, 6) is -2.33. The van der Waals surface area contributed by atoms with Crippen molar-refractivity contribution in [1.29, 1.82) is 0 Å². The van der Waals surface area contributed by atoms with Crippen molar-refractivity contribution in [1.82, 2.24) is 15.5 Å². The van der Waals surface area contributed by atoms with Gasteiger partial charge in [-0.1, -0.05) is 19.1 Å². The first-order valence-electron chi connectivity index (χ1n) is 9.29. The molecule has 29 heavy (non-hydrogen) atoms. The van der Waals surface area contributed by atoms with Gasteiger partial charge in [0, 0.05) is 30.8 Å². The van der Waals surface area contributed by atoms with Gasteiger partial charge in [-0.2, -0.15) is 0 Å². The maximum atomic E-state index is 12.2. The van der Waals surface area contributed by atoms with Crippen molar-refractivity contribution in [2.75, 3.05) is 18.4 Å². The van der Waals surface area contributed by atoms with E-state index in [2.05, 4.69) is 16.0 Å². The molecule has 1 atom stereocenters. The molecule has 154 valence electrons. The zero-order valence-electron chi connectivity index (χ0n) is 16.4. The largest absolute Gasteiger partial charge is 0.347 e. The number of nitrogens with one attached hydrogen (secondary N) is 3. The number of nitrogens with zero attached hydrogens (tertiary/aromatic N) is 1. The van der Waals surface area contributed by atoms with Crippen molar-refractivity contribution in [2.24, 2.45) is 0 Å². The minimum absolute atomic E-state index is 0.0618. The Kier molecular flexibility index (Phi) is 7.64. The number of benzene rings is 1. The van der Waals surface area contributed by atoms with Gasteiger partial charge in [0.25, 0.3) is 11.8 Å². The summed E-state index contributed by atoms with van der Waals surface area (Å²) in [5.41, 5.74) is 1.77. The highest BCUT2D eigenvalue weighted by atomic mass is 16.2. The van der Waals surface area contributed by atoms with Gasteiger partial charge < -0.3 is 16.0 Å². The van der Waals surface area contributed by atoms with Crippen LogP contribution < -0.4 is 16.0 Å². The molecule has 1 aliphatic heterocycles. The number of amides is 5. The molecular formula is C20H24N4O5. The second kappa shape index (κ2) is 10.2. The second-order valence-electron chi connectivity index (χ2n) is 6.52. The Bertz CT molecular complexity index is 814. The predicted octanol–water partition coefficient (Wildman–Crippen LogP) is 0.124. The van der Waals surface area contributed by atoms with Crippen molar-refractivity contribution >= 4 is 35.2 Å². The molecule has 1 aromatic rings. The minimum atomic E-state index is -0.795. The van der Waals surface area contributed by atoms with E-state index in [0.29, 0.717) is 5.69 Å². The first kappa shape index (κ1) is 21.8. The standard InChI is InChI=1S/C20H24N4O5/c1-3-14-4-6-15(7-5-14)23-20(29)13(2)22-17(26)12-21-16(25)10-11-24-18(27)8-9-19(24)28/h4-9,13H,3,10-12H2,1-2H3,(H,21,25)(H,22,26)(H,23,29). The van der Waals surface area contributed by atoms with Crippen molar-refractivity contribution in [3.63, 3.8) is 0 Å². The molecule has 0 radical (unpaired) electrons. The lowest BCUT2D eigenvalue weighted by molar-refractivity contribution is -0.137. The van der Waals surface area contributed by atoms with Crippen LogP contribution in [0.4, 0.5) is 5.69 Å². The number of carbonyl (C=O) groups is 5. The molecule has 1 heterocycles. The first-order chi connectivity index (χ1) is 13.8. The van der Waals surface area contributed by atoms with Crippen LogP contribution in [0, 0.1) is 0 Å². The molecule has 0 saturated heterocycles. The molecule has 2 rings (SSSR count). The number of aryl methyl sites for hydroxylation is 1. The number of hydrogen-bond donors (Lipinski definition) is 3. The minimum Gasteiger partial charge on any atom is -0.347 e. The summed E-state index contributed by atoms with van der Waals surface area (Å²) in [7, 11) is 0. The van der Waals surface area contributed by atoms with Crippen LogP contribution in [0.25, 0.3) is 0 Å². The number of rotatable bonds is 9. The van der Waals surface area contributed by atoms with Gasteiger partial charge >= 0.3 is 0 Å². The molecule has 0 spiro atoms. The van der Waals surface area contributed by atoms with Crippen LogP contribution in [-0.4, -0.2) is 53.6 Å². The van der Waals surface area contributed by atoms with Crippen molar-refractivity contribution in [3.8, 4) is 0 Å². The summed E-state index contributed by atoms with van der Waals surface area (Å²) in [4.78, 5) is 59.6. The molecule has 9 nitrogen and oxygen atoms in total. The Morgan fingerprint density at radius 3 is 2.21 bits per heavy atom. The van der Waals surface area contributed by atoms with Gasteiger partial charge in [0.2, 0.25) is 17.7 Å². The van der Waals surface area contributed by atoms with Gasteiger partial charge in [0.15, 0.2) is 0 Å². The van der Waals surface area contributed by atoms with Crippen LogP contribution in [0.15, 0.2) is 36.4 Å². The number of carbonyl (C=O) groups excluding carboxylic acids is 5. The van der Waals surface area contributed by atoms with Gasteiger partial charge in [-0.3, -0.25) is 28.9 Å². The highest BCUT2D eigenvalue weighted by Crippen LogP contribution is 2.10. The van der Waals surface area contributed by atoms with Crippen LogP contribution in [-0.2, 0) is 30.4 Å². The lowest BCUT2D eigenvalue weighted by Gasteiger charge is -2.15. The van der Waals surface area contributed by atoms with E-state index in [1.54, 1.807) is 12.1 Å². The van der Waals surface area contributed by atoms with E-state index in [1.807, 2.05) is 19.1 Å². The molecule has 5 amide bonds. The fraction of sp³-hybridized carbons (Fsp3) is 0.350. The summed E-state index contributed by atoms with van der Waals surface area (Å²) in [6, 6.07) is 6.60. The first-order valence-corrected chi connectivity index (χ1v) is 9.29. The third-order valence-corrected chi connectivity index (χ3v) is 4.31. The molecule has 9 heteroatoms. The average Bonchev–Trinajstić information content (AvgIpc) is 3.02. The van der Waals surface area contributed by atoms with Crippen LogP contribution in [0.2, 0.25) is 0 Å². The average molecular weight is 400 g/mol. The van der Waals surface area contributed by atoms with E-state index in [4.69, 9.17) is 0 Å². The summed E-state index contributed by atoms with van der Waals surface area (Å²) in [6.45, 7) is 3.19. The Balaban J connectivity index is 1.69. The lowest BCUT2D eigenvalue weighted by Crippen LogP contribution is -2.46. The van der Waals surface area contributed by atoms with E-state index in [1.165, 1.54) is 6.92 Å². The van der Waals surface area contributed by atoms with Gasteiger partial charge in [0.1, 0.15) is 6.04 Å². The van der Waals surface area contributed by atoms with Crippen LogP contribution in [0.1, 0.15) is 25.8 Å². The Morgan fingerprint density at radius 1 is 1.00 bits per heavy atom. The van der Waals surface area contributed by atoms with Gasteiger partial charge in [-0.25, -0.2) is 0 Å². The highest BCUT2D eigenvalue weighted by molar-refractivity contribution is 6.13. The summed E-state index contributed by atoms with van der Waals surface area (Å²) < 4.78 is 0. The van der Waals surface area contributed by atoms with E-state index >= 15 is 0 Å². The Hall–Kier alpha value is -3.49. The zero-order chi connectivity index (χ0) is 21.4. The maximum Gasteiger partial charge on any atom is 0.253 e. The van der Waals surface area contributed by atoms with E-state index in [9.17, 15) is 24.0 Å². The number of imide groups is 1. The molecule has 0 saturated carbocycles. The number of hydrogen-bond acceptors (Lipinski definition) is 5. The molecule has 0 fully saturated rings. The maximum absolute atomic E-state index is 12.2. The fourth-order valence-electron chi connectivity index (χ4n) is 2.56. The van der Waals surface area contributed by atoms with Gasteiger partial charge in [-0.15, -0.1) is 0 Å². The summed E-state index contributed by atoms with van der Waals surface area (Å²) >= 11 is 0. The molecular weight excluding hydrogens is 376 g/mol. The second-order valence-corrected chi connectivity index (χ2v) is 6.52. The zero-order valence-corrected chi connectivity index (χ0v) is 16.4. The monoisotopic (exact) mass is 400 g/mol. The molecule has 1 aromatic carbocycles. The normalized spacial score (nSPS) is 13.9. The predicted molar refractivity (Wildman–Crippen MR) is 106 cm³/mol. The molecule has 3 N–H and O–H groups in total. The molecule has 0 bridgehead atoms. The Morgan fingerprint density at radius 2 is 1.62 bits per heavy atom. The molecule has 1 aliphatic rings. The summed E-state index contributed by atoms with van der Waals surface area (Å²) in [5, 5.41) is 7.59. The van der Waals surface area contributed by atoms with Crippen molar-refractivity contribution in [3.05, 3.63) is 42.0 Å². The third-order valence-electron chi connectivity index (χ3n) is 4.31. The molecule has 0 aromatic heterocycles. The van der Waals surface area contributed by atoms with Gasteiger partial charge in [-0.05, 0) is 31.0 Å². The lowest BCUT2D eigenvalue weighted by atomic mass is 10.1. The van der Waals surface area contributed by atoms with Gasteiger partial charge in [0.05, 0.1) is 6.54 Å². The Labute approximate surface area is 168 Å². The SMILES string of the molecule is CCc1ccc(NC(=O)C(C)NC(=O)CNC(=O)CCN2C(=O)C=CC2=O)cc1. The van der Waals surface area contributed by atoms with Crippen LogP contribution in [0.3, 0.4) is 0 Å². The summed E-state index contributed by atoms with van der Waals surface area (Å²) in [6.07, 6.45) is 3.06. The van der Waals surface area contributed by atoms with Crippen molar-refractivity contribution in [2.45, 2.75) is 32.7 Å². The molecule has 0 aliphatic carbocycles. The third kappa shape index (κ3) is 6.56. The smallest absolute Gasteiger partial charge is 0.253 e. The quantitative estimate of drug-likeness (QED) is 0.508. The van der Waals surface area contributed by atoms with Crippen LogP contribution >= 0.6 is 0 Å². The van der Waals surface area contributed by atoms with Crippen molar-refractivity contribution < 1.29 is 24.0 Å². The highest BCUT2D eigenvalue weighted by Gasteiger charge is 2.23. The van der Waals surface area contributed by atoms with Crippen LogP contribution in [0.5, 0.6) is 0 Å². The topological polar surface area (TPSA) is 125 Å². The number of anilines is 1.